The molecular formula is C66H45N5. The van der Waals surface area contributed by atoms with E-state index >= 15 is 0 Å². The fraction of sp³-hybridized carbons (Fsp3) is 0.0455. The van der Waals surface area contributed by atoms with Crippen LogP contribution in [0, 0.1) is 0 Å². The van der Waals surface area contributed by atoms with E-state index in [-0.39, 0.29) is 5.41 Å². The minimum atomic E-state index is -0.180. The average molecular weight is 908 g/mol. The van der Waals surface area contributed by atoms with Gasteiger partial charge in [-0.05, 0) is 111 Å². The first-order valence-corrected chi connectivity index (χ1v) is 24.3. The number of nitrogens with zero attached hydrogens (tertiary/aromatic N) is 5. The van der Waals surface area contributed by atoms with E-state index in [1.165, 1.54) is 60.4 Å². The Balaban J connectivity index is 0.927. The predicted molar refractivity (Wildman–Crippen MR) is 293 cm³/mol. The molecule has 71 heavy (non-hydrogen) atoms. The molecule has 0 fully saturated rings. The molecule has 0 aliphatic heterocycles. The maximum Gasteiger partial charge on any atom is 0.164 e. The maximum absolute atomic E-state index is 5.36. The SMILES string of the molecule is CC1(C)c2ccccc2-c2ccc(-c3nc(-c4cccc(-c5ccc6c7ccccc7n(-c7ccccc7)c6c5)c4)nc(-c4cccc(-n5c6ccccc6c6cc(-c7ccccc7)ccc65)c4)n3)cc21. The van der Waals surface area contributed by atoms with Gasteiger partial charge in [-0.25, -0.2) is 15.0 Å². The third-order valence-electron chi connectivity index (χ3n) is 14.8. The van der Waals surface area contributed by atoms with E-state index in [2.05, 4.69) is 260 Å². The summed E-state index contributed by atoms with van der Waals surface area (Å²) in [7, 11) is 0. The van der Waals surface area contributed by atoms with Crippen LogP contribution < -0.4 is 0 Å². The molecule has 1 aliphatic rings. The molecule has 0 amide bonds. The summed E-state index contributed by atoms with van der Waals surface area (Å²) in [6.45, 7) is 4.63. The van der Waals surface area contributed by atoms with Gasteiger partial charge in [-0.15, -0.1) is 0 Å². The Labute approximate surface area is 411 Å². The lowest BCUT2D eigenvalue weighted by molar-refractivity contribution is 0.660. The molecule has 13 aromatic rings. The van der Waals surface area contributed by atoms with E-state index in [1.54, 1.807) is 0 Å². The summed E-state index contributed by atoms with van der Waals surface area (Å²) < 4.78 is 4.73. The summed E-state index contributed by atoms with van der Waals surface area (Å²) in [5.41, 5.74) is 19.1. The van der Waals surface area contributed by atoms with Gasteiger partial charge in [0.05, 0.1) is 22.1 Å². The van der Waals surface area contributed by atoms with E-state index in [9.17, 15) is 0 Å². The molecule has 0 radical (unpaired) electrons. The maximum atomic E-state index is 5.36. The van der Waals surface area contributed by atoms with Gasteiger partial charge in [0.25, 0.3) is 0 Å². The Bertz CT molecular complexity index is 4260. The van der Waals surface area contributed by atoms with E-state index < -0.39 is 0 Å². The average Bonchev–Trinajstić information content (AvgIpc) is 4.03. The largest absolute Gasteiger partial charge is 0.309 e. The number of hydrogen-bond donors (Lipinski definition) is 0. The highest BCUT2D eigenvalue weighted by atomic mass is 15.0. The van der Waals surface area contributed by atoms with Crippen LogP contribution in [0.3, 0.4) is 0 Å². The van der Waals surface area contributed by atoms with Crippen molar-refractivity contribution in [1.82, 2.24) is 24.1 Å². The number of benzene rings is 10. The van der Waals surface area contributed by atoms with E-state index in [0.29, 0.717) is 17.5 Å². The summed E-state index contributed by atoms with van der Waals surface area (Å²) in [5.74, 6) is 1.86. The highest BCUT2D eigenvalue weighted by Gasteiger charge is 2.35. The lowest BCUT2D eigenvalue weighted by Crippen LogP contribution is -2.15. The molecule has 0 bridgehead atoms. The summed E-state index contributed by atoms with van der Waals surface area (Å²) in [6, 6.07) is 85.0. The van der Waals surface area contributed by atoms with Crippen molar-refractivity contribution in [3.05, 3.63) is 248 Å². The number of hydrogen-bond acceptors (Lipinski definition) is 3. The second kappa shape index (κ2) is 15.9. The molecule has 10 aromatic carbocycles. The third-order valence-corrected chi connectivity index (χ3v) is 14.8. The zero-order valence-electron chi connectivity index (χ0n) is 39.3. The molecule has 0 atom stereocenters. The first-order chi connectivity index (χ1) is 34.9. The minimum Gasteiger partial charge on any atom is -0.309 e. The molecule has 0 N–H and O–H groups in total. The molecular weight excluding hydrogens is 863 g/mol. The van der Waals surface area contributed by atoms with Crippen LogP contribution in [0.5, 0.6) is 0 Å². The van der Waals surface area contributed by atoms with Crippen molar-refractivity contribution in [2.45, 2.75) is 19.3 Å². The Morgan fingerprint density at radius 2 is 0.761 bits per heavy atom. The standard InChI is InChI=1S/C66H45N5/c1-66(2)57-28-12-9-25-51(57)52-34-32-48(40-58(52)66)65-68-63(46-20-15-19-43(37-46)45-31-35-55-53-26-10-13-29-59(53)70(62(55)41-45)49-22-7-4-8-23-49)67-64(69-65)47-21-16-24-50(38-47)71-60-30-14-11-27-54(60)56-39-44(33-36-61(56)71)42-17-5-3-6-18-42/h3-41H,1-2H3. The highest BCUT2D eigenvalue weighted by molar-refractivity contribution is 6.11. The van der Waals surface area contributed by atoms with Crippen molar-refractivity contribution in [1.29, 1.82) is 0 Å². The van der Waals surface area contributed by atoms with E-state index in [4.69, 9.17) is 15.0 Å². The van der Waals surface area contributed by atoms with E-state index in [1.807, 2.05) is 0 Å². The number of rotatable bonds is 7. The summed E-state index contributed by atoms with van der Waals surface area (Å²) in [6.07, 6.45) is 0. The monoisotopic (exact) mass is 907 g/mol. The van der Waals surface area contributed by atoms with Crippen LogP contribution in [-0.4, -0.2) is 24.1 Å². The van der Waals surface area contributed by atoms with Gasteiger partial charge in [0, 0.05) is 55.0 Å². The second-order valence-electron chi connectivity index (χ2n) is 19.2. The van der Waals surface area contributed by atoms with Gasteiger partial charge in [0.1, 0.15) is 0 Å². The molecule has 0 saturated heterocycles. The van der Waals surface area contributed by atoms with Gasteiger partial charge in [0.2, 0.25) is 0 Å². The van der Waals surface area contributed by atoms with Gasteiger partial charge in [-0.1, -0.05) is 184 Å². The summed E-state index contributed by atoms with van der Waals surface area (Å²) in [4.78, 5) is 16.1. The Kier molecular flexibility index (Phi) is 9.17. The quantitative estimate of drug-likeness (QED) is 0.160. The van der Waals surface area contributed by atoms with Crippen LogP contribution in [0.1, 0.15) is 25.0 Å². The van der Waals surface area contributed by atoms with Crippen LogP contribution in [0.15, 0.2) is 237 Å². The van der Waals surface area contributed by atoms with Gasteiger partial charge >= 0.3 is 0 Å². The van der Waals surface area contributed by atoms with E-state index in [0.717, 1.165) is 55.7 Å². The van der Waals surface area contributed by atoms with Gasteiger partial charge in [0.15, 0.2) is 17.5 Å². The predicted octanol–water partition coefficient (Wildman–Crippen LogP) is 16.7. The smallest absolute Gasteiger partial charge is 0.164 e. The fourth-order valence-corrected chi connectivity index (χ4v) is 11.3. The zero-order valence-corrected chi connectivity index (χ0v) is 39.3. The molecule has 0 saturated carbocycles. The first kappa shape index (κ1) is 40.8. The topological polar surface area (TPSA) is 48.5 Å². The van der Waals surface area contributed by atoms with Gasteiger partial charge < -0.3 is 9.13 Å². The Morgan fingerprint density at radius 1 is 0.282 bits per heavy atom. The van der Waals surface area contributed by atoms with Crippen molar-refractivity contribution in [2.75, 3.05) is 0 Å². The van der Waals surface area contributed by atoms with Gasteiger partial charge in [-0.3, -0.25) is 0 Å². The van der Waals surface area contributed by atoms with Gasteiger partial charge in [-0.2, -0.15) is 0 Å². The minimum absolute atomic E-state index is 0.180. The number of para-hydroxylation sites is 3. The molecule has 5 heteroatoms. The molecule has 334 valence electrons. The van der Waals surface area contributed by atoms with Crippen LogP contribution in [0.25, 0.3) is 123 Å². The molecule has 14 rings (SSSR count). The summed E-state index contributed by atoms with van der Waals surface area (Å²) >= 11 is 0. The Morgan fingerprint density at radius 3 is 1.52 bits per heavy atom. The van der Waals surface area contributed by atoms with Crippen molar-refractivity contribution in [3.63, 3.8) is 0 Å². The number of aromatic nitrogens is 5. The number of fused-ring (bicyclic) bond motifs is 9. The molecule has 1 aliphatic carbocycles. The third kappa shape index (κ3) is 6.58. The zero-order chi connectivity index (χ0) is 47.2. The van der Waals surface area contributed by atoms with Crippen molar-refractivity contribution >= 4 is 43.6 Å². The fourth-order valence-electron chi connectivity index (χ4n) is 11.3. The molecule has 0 unspecified atom stereocenters. The van der Waals surface area contributed by atoms with Crippen LogP contribution in [0.4, 0.5) is 0 Å². The van der Waals surface area contributed by atoms with Crippen LogP contribution >= 0.6 is 0 Å². The molecule has 3 aromatic heterocycles. The second-order valence-corrected chi connectivity index (χ2v) is 19.2. The normalized spacial score (nSPS) is 12.8. The van der Waals surface area contributed by atoms with Crippen molar-refractivity contribution < 1.29 is 0 Å². The lowest BCUT2D eigenvalue weighted by atomic mass is 9.82. The van der Waals surface area contributed by atoms with Crippen LogP contribution in [0.2, 0.25) is 0 Å². The molecule has 0 spiro atoms. The van der Waals surface area contributed by atoms with Crippen molar-refractivity contribution in [2.24, 2.45) is 0 Å². The van der Waals surface area contributed by atoms with Crippen LogP contribution in [-0.2, 0) is 5.41 Å². The van der Waals surface area contributed by atoms with Crippen molar-refractivity contribution in [3.8, 4) is 78.9 Å². The molecule has 5 nitrogen and oxygen atoms in total. The summed E-state index contributed by atoms with van der Waals surface area (Å²) in [5, 5.41) is 4.86. The highest BCUT2D eigenvalue weighted by Crippen LogP contribution is 2.49. The first-order valence-electron chi connectivity index (χ1n) is 24.3. The lowest BCUT2D eigenvalue weighted by Gasteiger charge is -2.21. The Hall–Kier alpha value is -9.19. The molecule has 3 heterocycles.